The molecule has 162 valence electrons. The van der Waals surface area contributed by atoms with E-state index in [2.05, 4.69) is 15.6 Å². The highest BCUT2D eigenvalue weighted by Gasteiger charge is 2.34. The van der Waals surface area contributed by atoms with E-state index < -0.39 is 29.0 Å². The Bertz CT molecular complexity index is 966. The van der Waals surface area contributed by atoms with Crippen LogP contribution in [0.3, 0.4) is 0 Å². The van der Waals surface area contributed by atoms with Crippen LogP contribution in [-0.4, -0.2) is 41.1 Å². The van der Waals surface area contributed by atoms with Crippen molar-refractivity contribution in [3.63, 3.8) is 0 Å². The van der Waals surface area contributed by atoms with E-state index in [1.54, 1.807) is 4.57 Å². The fraction of sp³-hybridized carbons (Fsp3) is 0.476. The predicted molar refractivity (Wildman–Crippen MR) is 107 cm³/mol. The number of carbonyl (C=O) groups is 2. The Kier molecular flexibility index (Phi) is 6.21. The summed E-state index contributed by atoms with van der Waals surface area (Å²) in [6.45, 7) is 6.51. The molecule has 2 heterocycles. The summed E-state index contributed by atoms with van der Waals surface area (Å²) in [5.74, 6) is -2.00. The van der Waals surface area contributed by atoms with Gasteiger partial charge in [0.05, 0.1) is 17.9 Å². The molecule has 3 rings (SSSR count). The molecule has 0 saturated heterocycles. The van der Waals surface area contributed by atoms with Crippen LogP contribution in [0.15, 0.2) is 18.2 Å². The summed E-state index contributed by atoms with van der Waals surface area (Å²) in [5, 5.41) is 5.29. The maximum atomic E-state index is 14.5. The van der Waals surface area contributed by atoms with E-state index in [0.717, 1.165) is 18.2 Å². The van der Waals surface area contributed by atoms with Crippen molar-refractivity contribution in [2.75, 3.05) is 13.7 Å². The lowest BCUT2D eigenvalue weighted by Gasteiger charge is -2.29. The third kappa shape index (κ3) is 4.35. The number of benzene rings is 1. The minimum absolute atomic E-state index is 0.0316. The molecule has 9 heteroatoms. The lowest BCUT2D eigenvalue weighted by Crippen LogP contribution is -2.53. The highest BCUT2D eigenvalue weighted by atomic mass is 19.1. The normalized spacial score (nSPS) is 15.1. The molecule has 2 aromatic rings. The number of nitrogens with zero attached hydrogens (tertiary/aromatic N) is 2. The van der Waals surface area contributed by atoms with E-state index in [4.69, 9.17) is 4.74 Å². The van der Waals surface area contributed by atoms with Crippen LogP contribution in [-0.2, 0) is 22.7 Å². The van der Waals surface area contributed by atoms with Gasteiger partial charge in [-0.2, -0.15) is 0 Å². The van der Waals surface area contributed by atoms with Gasteiger partial charge < -0.3 is 19.9 Å². The first-order valence-electron chi connectivity index (χ1n) is 9.78. The molecule has 0 bridgehead atoms. The zero-order valence-corrected chi connectivity index (χ0v) is 17.5. The Morgan fingerprint density at radius 3 is 2.67 bits per heavy atom. The molecule has 30 heavy (non-hydrogen) atoms. The standard InChI is InChI=1S/C21H26F2N4O3/c1-21(2,3)17(20(29)24-4)26-19(28)16-15-11-30-9-5-8-27(15)18(25-16)13-10-12(22)6-7-14(13)23/h6-7,10,17H,5,8-9,11H2,1-4H3,(H,24,29)(H,26,28)/t17-/m1/s1. The van der Waals surface area contributed by atoms with Crippen molar-refractivity contribution < 1.29 is 23.1 Å². The molecule has 0 saturated carbocycles. The molecule has 0 spiro atoms. The first kappa shape index (κ1) is 21.9. The quantitative estimate of drug-likeness (QED) is 0.796. The summed E-state index contributed by atoms with van der Waals surface area (Å²) < 4.78 is 35.5. The summed E-state index contributed by atoms with van der Waals surface area (Å²) >= 11 is 0. The van der Waals surface area contributed by atoms with Crippen molar-refractivity contribution in [1.29, 1.82) is 0 Å². The lowest BCUT2D eigenvalue weighted by atomic mass is 9.86. The van der Waals surface area contributed by atoms with Gasteiger partial charge in [0.2, 0.25) is 5.91 Å². The van der Waals surface area contributed by atoms with Crippen molar-refractivity contribution in [3.05, 3.63) is 41.2 Å². The smallest absolute Gasteiger partial charge is 0.272 e. The van der Waals surface area contributed by atoms with Crippen LogP contribution >= 0.6 is 0 Å². The van der Waals surface area contributed by atoms with Gasteiger partial charge in [0.1, 0.15) is 23.5 Å². The van der Waals surface area contributed by atoms with Crippen LogP contribution in [0.5, 0.6) is 0 Å². The van der Waals surface area contributed by atoms with Gasteiger partial charge in [-0.05, 0) is 30.0 Å². The summed E-state index contributed by atoms with van der Waals surface area (Å²) in [6.07, 6.45) is 0.636. The molecule has 2 N–H and O–H groups in total. The monoisotopic (exact) mass is 420 g/mol. The first-order chi connectivity index (χ1) is 14.1. The molecular formula is C21H26F2N4O3. The zero-order chi connectivity index (χ0) is 22.1. The summed E-state index contributed by atoms with van der Waals surface area (Å²) in [7, 11) is 1.49. The van der Waals surface area contributed by atoms with Gasteiger partial charge in [-0.25, -0.2) is 13.8 Å². The number of rotatable bonds is 4. The number of amides is 2. The van der Waals surface area contributed by atoms with Crippen LogP contribution in [0.2, 0.25) is 0 Å². The number of likely N-dealkylation sites (N-methyl/N-ethyl adjacent to an activating group) is 1. The average molecular weight is 420 g/mol. The Labute approximate surface area is 173 Å². The molecular weight excluding hydrogens is 394 g/mol. The van der Waals surface area contributed by atoms with E-state index in [-0.39, 0.29) is 29.6 Å². The van der Waals surface area contributed by atoms with Gasteiger partial charge in [0.15, 0.2) is 5.69 Å². The molecule has 0 unspecified atom stereocenters. The number of hydrogen-bond donors (Lipinski definition) is 2. The van der Waals surface area contributed by atoms with Gasteiger partial charge >= 0.3 is 0 Å². The Balaban J connectivity index is 2.07. The van der Waals surface area contributed by atoms with Crippen molar-refractivity contribution in [2.45, 2.75) is 46.4 Å². The summed E-state index contributed by atoms with van der Waals surface area (Å²) in [4.78, 5) is 29.8. The maximum absolute atomic E-state index is 14.5. The lowest BCUT2D eigenvalue weighted by molar-refractivity contribution is -0.124. The van der Waals surface area contributed by atoms with Gasteiger partial charge in [0, 0.05) is 20.2 Å². The highest BCUT2D eigenvalue weighted by molar-refractivity contribution is 5.97. The number of imidazole rings is 1. The number of ether oxygens (including phenoxy) is 1. The van der Waals surface area contributed by atoms with Crippen LogP contribution in [0.4, 0.5) is 8.78 Å². The summed E-state index contributed by atoms with van der Waals surface area (Å²) in [6, 6.07) is 2.30. The Morgan fingerprint density at radius 2 is 2.00 bits per heavy atom. The average Bonchev–Trinajstić information content (AvgIpc) is 2.87. The molecule has 7 nitrogen and oxygen atoms in total. The zero-order valence-electron chi connectivity index (χ0n) is 17.5. The van der Waals surface area contributed by atoms with Gasteiger partial charge in [0.25, 0.3) is 5.91 Å². The highest BCUT2D eigenvalue weighted by Crippen LogP contribution is 2.29. The second-order valence-electron chi connectivity index (χ2n) is 8.30. The van der Waals surface area contributed by atoms with Crippen molar-refractivity contribution in [3.8, 4) is 11.4 Å². The number of nitrogens with one attached hydrogen (secondary N) is 2. The van der Waals surface area contributed by atoms with Crippen molar-refractivity contribution in [1.82, 2.24) is 20.2 Å². The topological polar surface area (TPSA) is 85.3 Å². The largest absolute Gasteiger partial charge is 0.375 e. The van der Waals surface area contributed by atoms with Crippen molar-refractivity contribution in [2.24, 2.45) is 5.41 Å². The second-order valence-corrected chi connectivity index (χ2v) is 8.30. The van der Waals surface area contributed by atoms with Crippen molar-refractivity contribution >= 4 is 11.8 Å². The SMILES string of the molecule is CNC(=O)[C@@H](NC(=O)c1nc(-c2cc(F)ccc2F)n2c1COCCC2)C(C)(C)C. The van der Waals surface area contributed by atoms with Crippen LogP contribution in [0.25, 0.3) is 11.4 Å². The van der Waals surface area contributed by atoms with E-state index in [1.807, 2.05) is 20.8 Å². The molecule has 1 atom stereocenters. The number of aromatic nitrogens is 2. The van der Waals surface area contributed by atoms with Gasteiger partial charge in [-0.15, -0.1) is 0 Å². The van der Waals surface area contributed by atoms with E-state index in [1.165, 1.54) is 7.05 Å². The number of halogens is 2. The number of hydrogen-bond acceptors (Lipinski definition) is 4. The van der Waals surface area contributed by atoms with Crippen LogP contribution in [0.1, 0.15) is 43.4 Å². The molecule has 1 aliphatic heterocycles. The molecule has 2 amide bonds. The van der Waals surface area contributed by atoms with Gasteiger partial charge in [-0.1, -0.05) is 20.8 Å². The number of carbonyl (C=O) groups excluding carboxylic acids is 2. The fourth-order valence-electron chi connectivity index (χ4n) is 3.44. The molecule has 0 fully saturated rings. The third-order valence-electron chi connectivity index (χ3n) is 5.02. The minimum atomic E-state index is -0.812. The summed E-state index contributed by atoms with van der Waals surface area (Å²) in [5.41, 5.74) is -0.0849. The van der Waals surface area contributed by atoms with Crippen LogP contribution in [0, 0.1) is 17.0 Å². The molecule has 1 aromatic carbocycles. The van der Waals surface area contributed by atoms with E-state index in [9.17, 15) is 18.4 Å². The predicted octanol–water partition coefficient (Wildman–Crippen LogP) is 2.64. The van der Waals surface area contributed by atoms with Crippen LogP contribution < -0.4 is 10.6 Å². The number of fused-ring (bicyclic) bond motifs is 1. The van der Waals surface area contributed by atoms with E-state index >= 15 is 0 Å². The second kappa shape index (κ2) is 8.51. The first-order valence-corrected chi connectivity index (χ1v) is 9.78. The van der Waals surface area contributed by atoms with Gasteiger partial charge in [-0.3, -0.25) is 9.59 Å². The Morgan fingerprint density at radius 1 is 1.27 bits per heavy atom. The fourth-order valence-corrected chi connectivity index (χ4v) is 3.44. The third-order valence-corrected chi connectivity index (χ3v) is 5.02. The maximum Gasteiger partial charge on any atom is 0.272 e. The molecule has 0 aliphatic carbocycles. The molecule has 1 aliphatic rings. The Hall–Kier alpha value is -2.81. The van der Waals surface area contributed by atoms with E-state index in [0.29, 0.717) is 25.3 Å². The minimum Gasteiger partial charge on any atom is -0.375 e. The molecule has 0 radical (unpaired) electrons. The molecule has 1 aromatic heterocycles.